The molecule has 0 amide bonds. The number of benzene rings is 8. The molecule has 4 aromatic heterocycles. The summed E-state index contributed by atoms with van der Waals surface area (Å²) in [4.78, 5) is 9.61. The lowest BCUT2D eigenvalue weighted by Gasteiger charge is -2.21. The maximum atomic E-state index is 15.1. The standard InChI is InChI=1S/C61H35F3N6/c62-61(63,64)51-23-11-18-42(36-65)58(51)48-35-57(70-53-25-10-8-20-47(53)50-33-41(27-29-55(50)70)45-22-13-31-68-60(45)39-16-5-2-6-17-39)56(34-43(48)37-66)69-52-24-9-7-19-46(52)49-32-40(26-28-54(49)69)44-21-12-30-67-59(44)38-14-3-1-4-15-38/h1-35H. The molecule has 0 fully saturated rings. The van der Waals surface area contributed by atoms with Crippen LogP contribution < -0.4 is 0 Å². The van der Waals surface area contributed by atoms with Crippen LogP contribution in [0.2, 0.25) is 0 Å². The number of alkyl halides is 3. The molecule has 9 heteroatoms. The number of pyridine rings is 2. The Kier molecular flexibility index (Phi) is 9.94. The summed E-state index contributed by atoms with van der Waals surface area (Å²) >= 11 is 0. The van der Waals surface area contributed by atoms with E-state index in [0.29, 0.717) is 11.4 Å². The molecular weight excluding hydrogens is 874 g/mol. The molecule has 0 unspecified atom stereocenters. The van der Waals surface area contributed by atoms with Gasteiger partial charge in [-0.15, -0.1) is 0 Å². The van der Waals surface area contributed by atoms with Crippen molar-refractivity contribution in [1.29, 1.82) is 10.5 Å². The Labute approximate surface area is 399 Å². The van der Waals surface area contributed by atoms with E-state index in [2.05, 4.69) is 57.7 Å². The lowest BCUT2D eigenvalue weighted by molar-refractivity contribution is -0.137. The Bertz CT molecular complexity index is 4140. The number of rotatable bonds is 7. The van der Waals surface area contributed by atoms with Crippen LogP contribution in [0.3, 0.4) is 0 Å². The van der Waals surface area contributed by atoms with Crippen molar-refractivity contribution in [2.75, 3.05) is 0 Å². The molecule has 0 saturated heterocycles. The number of nitriles is 2. The van der Waals surface area contributed by atoms with E-state index in [9.17, 15) is 10.5 Å². The monoisotopic (exact) mass is 908 g/mol. The Balaban J connectivity index is 1.17. The van der Waals surface area contributed by atoms with E-state index >= 15 is 13.2 Å². The predicted octanol–water partition coefficient (Wildman–Crippen LogP) is 15.8. The number of para-hydroxylation sites is 2. The minimum atomic E-state index is -4.83. The van der Waals surface area contributed by atoms with E-state index < -0.39 is 11.7 Å². The zero-order chi connectivity index (χ0) is 47.5. The molecule has 8 aromatic carbocycles. The Morgan fingerprint density at radius 1 is 0.386 bits per heavy atom. The van der Waals surface area contributed by atoms with Crippen LogP contribution >= 0.6 is 0 Å². The molecule has 0 saturated carbocycles. The summed E-state index contributed by atoms with van der Waals surface area (Å²) in [5, 5.41) is 25.1. The predicted molar refractivity (Wildman–Crippen MR) is 272 cm³/mol. The maximum absolute atomic E-state index is 15.1. The van der Waals surface area contributed by atoms with Crippen molar-refractivity contribution in [3.8, 4) is 79.4 Å². The molecule has 4 heterocycles. The average Bonchev–Trinajstić information content (AvgIpc) is 3.92. The van der Waals surface area contributed by atoms with Crippen LogP contribution in [0.5, 0.6) is 0 Å². The number of halogens is 3. The van der Waals surface area contributed by atoms with Gasteiger partial charge >= 0.3 is 6.18 Å². The normalized spacial score (nSPS) is 11.6. The minimum absolute atomic E-state index is 0.00999. The first-order chi connectivity index (χ1) is 34.3. The van der Waals surface area contributed by atoms with E-state index in [1.807, 2.05) is 133 Å². The van der Waals surface area contributed by atoms with Crippen LogP contribution in [-0.4, -0.2) is 19.1 Å². The van der Waals surface area contributed by atoms with Gasteiger partial charge in [0.25, 0.3) is 0 Å². The highest BCUT2D eigenvalue weighted by Gasteiger charge is 2.36. The fraction of sp³-hybridized carbons (Fsp3) is 0.0164. The van der Waals surface area contributed by atoms with Crippen LogP contribution in [0.25, 0.3) is 111 Å². The third-order valence-corrected chi connectivity index (χ3v) is 13.2. The van der Waals surface area contributed by atoms with Crippen LogP contribution in [0.15, 0.2) is 213 Å². The molecule has 0 atom stereocenters. The largest absolute Gasteiger partial charge is 0.417 e. The summed E-state index contributed by atoms with van der Waals surface area (Å²) in [6.07, 6.45) is -1.26. The third-order valence-electron chi connectivity index (χ3n) is 13.2. The Hall–Kier alpha value is -9.57. The minimum Gasteiger partial charge on any atom is -0.307 e. The van der Waals surface area contributed by atoms with Crippen molar-refractivity contribution < 1.29 is 13.2 Å². The number of hydrogen-bond donors (Lipinski definition) is 0. The first kappa shape index (κ1) is 41.8. The summed E-state index contributed by atoms with van der Waals surface area (Å²) in [7, 11) is 0. The molecule has 0 aliphatic carbocycles. The van der Waals surface area contributed by atoms with Crippen LogP contribution in [-0.2, 0) is 6.18 Å². The zero-order valence-corrected chi connectivity index (χ0v) is 37.0. The van der Waals surface area contributed by atoms with Crippen molar-refractivity contribution in [2.24, 2.45) is 0 Å². The highest BCUT2D eigenvalue weighted by Crippen LogP contribution is 2.46. The van der Waals surface area contributed by atoms with Crippen LogP contribution in [0.4, 0.5) is 13.2 Å². The van der Waals surface area contributed by atoms with E-state index in [4.69, 9.17) is 9.97 Å². The zero-order valence-electron chi connectivity index (χ0n) is 37.0. The molecule has 0 radical (unpaired) electrons. The van der Waals surface area contributed by atoms with Crippen LogP contribution in [0, 0.1) is 22.7 Å². The van der Waals surface area contributed by atoms with Crippen molar-refractivity contribution in [1.82, 2.24) is 19.1 Å². The van der Waals surface area contributed by atoms with Gasteiger partial charge < -0.3 is 9.13 Å². The molecule has 6 nitrogen and oxygen atoms in total. The van der Waals surface area contributed by atoms with Gasteiger partial charge in [0.2, 0.25) is 0 Å². The van der Waals surface area contributed by atoms with Crippen molar-refractivity contribution >= 4 is 43.6 Å². The Morgan fingerprint density at radius 2 is 0.857 bits per heavy atom. The molecule has 0 aliphatic heterocycles. The highest BCUT2D eigenvalue weighted by molar-refractivity contribution is 6.13. The van der Waals surface area contributed by atoms with E-state index in [1.165, 1.54) is 12.1 Å². The van der Waals surface area contributed by atoms with E-state index in [-0.39, 0.29) is 22.3 Å². The van der Waals surface area contributed by atoms with Gasteiger partial charge in [0.05, 0.1) is 73.7 Å². The average molecular weight is 909 g/mol. The molecule has 70 heavy (non-hydrogen) atoms. The van der Waals surface area contributed by atoms with Gasteiger partial charge in [0.15, 0.2) is 0 Å². The second-order valence-electron chi connectivity index (χ2n) is 17.0. The third kappa shape index (κ3) is 6.79. The molecule has 0 N–H and O–H groups in total. The smallest absolute Gasteiger partial charge is 0.307 e. The fourth-order valence-corrected chi connectivity index (χ4v) is 10.1. The van der Waals surface area contributed by atoms with Gasteiger partial charge in [0, 0.05) is 67.3 Å². The van der Waals surface area contributed by atoms with Crippen LogP contribution in [0.1, 0.15) is 16.7 Å². The fourth-order valence-electron chi connectivity index (χ4n) is 10.1. The quantitative estimate of drug-likeness (QED) is 0.159. The number of hydrogen-bond acceptors (Lipinski definition) is 4. The van der Waals surface area contributed by atoms with Gasteiger partial charge in [-0.05, 0) is 83.9 Å². The van der Waals surface area contributed by atoms with Crippen molar-refractivity contribution in [3.63, 3.8) is 0 Å². The van der Waals surface area contributed by atoms with Gasteiger partial charge in [-0.2, -0.15) is 23.7 Å². The maximum Gasteiger partial charge on any atom is 0.417 e. The van der Waals surface area contributed by atoms with Gasteiger partial charge in [-0.1, -0.05) is 127 Å². The second-order valence-corrected chi connectivity index (χ2v) is 17.0. The van der Waals surface area contributed by atoms with E-state index in [0.717, 1.165) is 94.4 Å². The van der Waals surface area contributed by atoms with Gasteiger partial charge in [-0.25, -0.2) is 0 Å². The molecule has 12 aromatic rings. The topological polar surface area (TPSA) is 83.2 Å². The van der Waals surface area contributed by atoms with Gasteiger partial charge in [-0.3, -0.25) is 9.97 Å². The highest BCUT2D eigenvalue weighted by atomic mass is 19.4. The molecular formula is C61H35F3N6. The number of nitrogens with zero attached hydrogens (tertiary/aromatic N) is 6. The van der Waals surface area contributed by atoms with Gasteiger partial charge in [0.1, 0.15) is 0 Å². The summed E-state index contributed by atoms with van der Waals surface area (Å²) in [5.74, 6) is 0. The first-order valence-corrected chi connectivity index (χ1v) is 22.6. The number of fused-ring (bicyclic) bond motifs is 6. The summed E-state index contributed by atoms with van der Waals surface area (Å²) in [6, 6.07) is 67.6. The SMILES string of the molecule is N#Cc1cc(-n2c3ccccc3c3cc(-c4cccnc4-c4ccccc4)ccc32)c(-n2c3ccccc3c3cc(-c4cccnc4-c4ccccc4)ccc32)cc1-c1c(C#N)cccc1C(F)(F)F. The Morgan fingerprint density at radius 3 is 1.36 bits per heavy atom. The summed E-state index contributed by atoms with van der Waals surface area (Å²) < 4.78 is 49.5. The molecule has 0 spiro atoms. The molecule has 0 aliphatic rings. The second kappa shape index (κ2) is 16.6. The first-order valence-electron chi connectivity index (χ1n) is 22.6. The summed E-state index contributed by atoms with van der Waals surface area (Å²) in [6.45, 7) is 0. The van der Waals surface area contributed by atoms with E-state index in [1.54, 1.807) is 24.5 Å². The van der Waals surface area contributed by atoms with Crippen molar-refractivity contribution in [2.45, 2.75) is 6.18 Å². The molecule has 330 valence electrons. The van der Waals surface area contributed by atoms with Crippen molar-refractivity contribution in [3.05, 3.63) is 229 Å². The molecule has 12 rings (SSSR count). The summed E-state index contributed by atoms with van der Waals surface area (Å²) in [5.41, 5.74) is 10.1. The lowest BCUT2D eigenvalue weighted by Crippen LogP contribution is -2.10. The number of aromatic nitrogens is 4. The lowest BCUT2D eigenvalue weighted by atomic mass is 9.90. The molecule has 0 bridgehead atoms.